The Morgan fingerprint density at radius 3 is 2.60 bits per heavy atom. The lowest BCUT2D eigenvalue weighted by Crippen LogP contribution is -2.40. The third-order valence-electron chi connectivity index (χ3n) is 7.76. The van der Waals surface area contributed by atoms with Crippen LogP contribution in [0.1, 0.15) is 42.7 Å². The molecule has 4 heterocycles. The predicted octanol–water partition coefficient (Wildman–Crippen LogP) is 3.67. The number of hydrogen-bond acceptors (Lipinski definition) is 4. The van der Waals surface area contributed by atoms with E-state index in [1.54, 1.807) is 0 Å². The molecule has 0 N–H and O–H groups in total. The molecule has 2 aliphatic heterocycles. The van der Waals surface area contributed by atoms with Gasteiger partial charge >= 0.3 is 0 Å². The van der Waals surface area contributed by atoms with Crippen LogP contribution in [0.15, 0.2) is 30.7 Å². The van der Waals surface area contributed by atoms with E-state index in [0.717, 1.165) is 30.7 Å². The molecule has 6 heteroatoms. The number of benzene rings is 1. The van der Waals surface area contributed by atoms with Gasteiger partial charge in [0, 0.05) is 38.2 Å². The highest BCUT2D eigenvalue weighted by molar-refractivity contribution is 5.82. The summed E-state index contributed by atoms with van der Waals surface area (Å²) in [5.41, 5.74) is 5.16. The van der Waals surface area contributed by atoms with Gasteiger partial charge in [0.15, 0.2) is 0 Å². The van der Waals surface area contributed by atoms with Gasteiger partial charge in [-0.1, -0.05) is 0 Å². The molecule has 2 saturated heterocycles. The molecule has 0 bridgehead atoms. The SMILES string of the molecule is Cc1cc2cnn(-c3cnn(C)c3)c2cc1C1CC2CN(C3CCCOC3)C[C@H]2C1. The van der Waals surface area contributed by atoms with Crippen molar-refractivity contribution in [3.8, 4) is 5.69 Å². The zero-order valence-electron chi connectivity index (χ0n) is 18.0. The minimum atomic E-state index is 0.662. The molecule has 3 fully saturated rings. The quantitative estimate of drug-likeness (QED) is 0.667. The molecule has 0 spiro atoms. The molecule has 3 aromatic rings. The van der Waals surface area contributed by atoms with Gasteiger partial charge in [-0.15, -0.1) is 0 Å². The van der Waals surface area contributed by atoms with Crippen LogP contribution in [0, 0.1) is 18.8 Å². The van der Waals surface area contributed by atoms with E-state index in [2.05, 4.69) is 34.2 Å². The van der Waals surface area contributed by atoms with Gasteiger partial charge in [0.25, 0.3) is 0 Å². The number of fused-ring (bicyclic) bond motifs is 2. The van der Waals surface area contributed by atoms with Crippen molar-refractivity contribution in [3.05, 3.63) is 41.9 Å². The number of nitrogens with zero attached hydrogens (tertiary/aromatic N) is 5. The van der Waals surface area contributed by atoms with Crippen LogP contribution in [0.5, 0.6) is 0 Å². The Hall–Kier alpha value is -2.18. The summed E-state index contributed by atoms with van der Waals surface area (Å²) in [5, 5.41) is 10.2. The summed E-state index contributed by atoms with van der Waals surface area (Å²) in [4.78, 5) is 2.73. The van der Waals surface area contributed by atoms with Gasteiger partial charge in [-0.05, 0) is 73.6 Å². The van der Waals surface area contributed by atoms with Crippen LogP contribution < -0.4 is 0 Å². The molecule has 0 radical (unpaired) electrons. The first-order chi connectivity index (χ1) is 14.7. The van der Waals surface area contributed by atoms with Crippen molar-refractivity contribution < 1.29 is 4.74 Å². The monoisotopic (exact) mass is 405 g/mol. The Morgan fingerprint density at radius 1 is 1.07 bits per heavy atom. The summed E-state index contributed by atoms with van der Waals surface area (Å²) in [5.74, 6) is 2.36. The van der Waals surface area contributed by atoms with Crippen molar-refractivity contribution in [1.29, 1.82) is 0 Å². The highest BCUT2D eigenvalue weighted by Crippen LogP contribution is 2.48. The summed E-state index contributed by atoms with van der Waals surface area (Å²) >= 11 is 0. The molecule has 3 unspecified atom stereocenters. The maximum atomic E-state index is 5.75. The second kappa shape index (κ2) is 7.20. The zero-order chi connectivity index (χ0) is 20.2. The zero-order valence-corrected chi connectivity index (χ0v) is 18.0. The van der Waals surface area contributed by atoms with Gasteiger partial charge < -0.3 is 4.74 Å². The lowest BCUT2D eigenvalue weighted by atomic mass is 9.91. The van der Waals surface area contributed by atoms with Crippen LogP contribution in [0.25, 0.3) is 16.6 Å². The molecule has 6 rings (SSSR count). The van der Waals surface area contributed by atoms with E-state index >= 15 is 0 Å². The van der Waals surface area contributed by atoms with Crippen LogP contribution in [0.4, 0.5) is 0 Å². The Balaban J connectivity index is 1.24. The van der Waals surface area contributed by atoms with Gasteiger partial charge in [0.2, 0.25) is 0 Å². The van der Waals surface area contributed by atoms with Gasteiger partial charge in [-0.3, -0.25) is 9.58 Å². The first-order valence-electron chi connectivity index (χ1n) is 11.4. The molecule has 4 atom stereocenters. The molecule has 1 aliphatic carbocycles. The molecular weight excluding hydrogens is 374 g/mol. The topological polar surface area (TPSA) is 48.1 Å². The fourth-order valence-electron chi connectivity index (χ4n) is 6.27. The van der Waals surface area contributed by atoms with E-state index in [4.69, 9.17) is 4.74 Å². The van der Waals surface area contributed by atoms with Crippen molar-refractivity contribution in [3.63, 3.8) is 0 Å². The molecule has 30 heavy (non-hydrogen) atoms. The lowest BCUT2D eigenvalue weighted by molar-refractivity contribution is 0.0238. The Bertz CT molecular complexity index is 1050. The number of hydrogen-bond donors (Lipinski definition) is 0. The average Bonchev–Trinajstić information content (AvgIpc) is 3.50. The van der Waals surface area contributed by atoms with E-state index < -0.39 is 0 Å². The van der Waals surface area contributed by atoms with Crippen molar-refractivity contribution in [2.75, 3.05) is 26.3 Å². The predicted molar refractivity (Wildman–Crippen MR) is 117 cm³/mol. The third kappa shape index (κ3) is 3.08. The van der Waals surface area contributed by atoms with E-state index in [1.165, 1.54) is 60.8 Å². The third-order valence-corrected chi connectivity index (χ3v) is 7.76. The van der Waals surface area contributed by atoms with Gasteiger partial charge in [0.05, 0.1) is 30.7 Å². The Labute approximate surface area is 177 Å². The lowest BCUT2D eigenvalue weighted by Gasteiger charge is -2.32. The first kappa shape index (κ1) is 18.6. The van der Waals surface area contributed by atoms with Crippen LogP contribution in [-0.2, 0) is 11.8 Å². The fraction of sp³-hybridized carbons (Fsp3) is 0.583. The van der Waals surface area contributed by atoms with Gasteiger partial charge in [-0.2, -0.15) is 10.2 Å². The van der Waals surface area contributed by atoms with E-state index in [0.29, 0.717) is 12.0 Å². The molecule has 0 amide bonds. The van der Waals surface area contributed by atoms with E-state index in [9.17, 15) is 0 Å². The molecule has 1 saturated carbocycles. The standard InChI is InChI=1S/C24H31N5O/c1-16-6-18-10-26-29(22-11-25-27(2)14-22)24(18)9-23(16)17-7-19-12-28(13-20(19)8-17)21-4-3-5-30-15-21/h6,9-11,14,17,19-21H,3-5,7-8,12-13,15H2,1-2H3/t17?,19-,20?,21?/m1/s1. The summed E-state index contributed by atoms with van der Waals surface area (Å²) in [6, 6.07) is 5.39. The molecule has 1 aromatic carbocycles. The molecular formula is C24H31N5O. The number of rotatable bonds is 3. The van der Waals surface area contributed by atoms with Crippen molar-refractivity contribution in [1.82, 2.24) is 24.5 Å². The summed E-state index contributed by atoms with van der Waals surface area (Å²) < 4.78 is 9.62. The van der Waals surface area contributed by atoms with Crippen molar-refractivity contribution >= 4 is 10.9 Å². The summed E-state index contributed by atoms with van der Waals surface area (Å²) in [6.45, 7) is 6.71. The minimum absolute atomic E-state index is 0.662. The van der Waals surface area contributed by atoms with Gasteiger partial charge in [-0.25, -0.2) is 4.68 Å². The Morgan fingerprint density at radius 2 is 1.90 bits per heavy atom. The summed E-state index contributed by atoms with van der Waals surface area (Å²) in [7, 11) is 1.95. The Kier molecular flexibility index (Phi) is 4.46. The highest BCUT2D eigenvalue weighted by atomic mass is 16.5. The number of aryl methyl sites for hydroxylation is 2. The molecule has 3 aliphatic rings. The highest BCUT2D eigenvalue weighted by Gasteiger charge is 2.43. The number of ether oxygens (including phenoxy) is 1. The summed E-state index contributed by atoms with van der Waals surface area (Å²) in [6.07, 6.45) is 11.1. The smallest absolute Gasteiger partial charge is 0.103 e. The fourth-order valence-corrected chi connectivity index (χ4v) is 6.27. The van der Waals surface area contributed by atoms with E-state index in [1.807, 2.05) is 35.0 Å². The number of likely N-dealkylation sites (tertiary alicyclic amines) is 1. The maximum absolute atomic E-state index is 5.75. The van der Waals surface area contributed by atoms with Crippen molar-refractivity contribution in [2.24, 2.45) is 18.9 Å². The van der Waals surface area contributed by atoms with Crippen LogP contribution >= 0.6 is 0 Å². The maximum Gasteiger partial charge on any atom is 0.103 e. The second-order valence-electron chi connectivity index (χ2n) is 9.71. The molecule has 158 valence electrons. The number of aromatic nitrogens is 4. The van der Waals surface area contributed by atoms with Crippen LogP contribution in [0.2, 0.25) is 0 Å². The van der Waals surface area contributed by atoms with Crippen LogP contribution in [-0.4, -0.2) is 56.8 Å². The second-order valence-corrected chi connectivity index (χ2v) is 9.71. The molecule has 6 nitrogen and oxygen atoms in total. The minimum Gasteiger partial charge on any atom is -0.380 e. The normalized spacial score (nSPS) is 29.7. The average molecular weight is 406 g/mol. The largest absolute Gasteiger partial charge is 0.380 e. The van der Waals surface area contributed by atoms with Crippen LogP contribution in [0.3, 0.4) is 0 Å². The van der Waals surface area contributed by atoms with Crippen molar-refractivity contribution in [2.45, 2.75) is 44.6 Å². The molecule has 2 aromatic heterocycles. The first-order valence-corrected chi connectivity index (χ1v) is 11.4. The van der Waals surface area contributed by atoms with Gasteiger partial charge in [0.1, 0.15) is 5.69 Å². The van der Waals surface area contributed by atoms with E-state index in [-0.39, 0.29) is 0 Å².